The number of carbonyl (C=O) groups is 2. The van der Waals surface area contributed by atoms with Crippen molar-refractivity contribution in [1.82, 2.24) is 4.90 Å². The molecule has 0 bridgehead atoms. The highest BCUT2D eigenvalue weighted by atomic mass is 79.9. The highest BCUT2D eigenvalue weighted by molar-refractivity contribution is 9.10. The summed E-state index contributed by atoms with van der Waals surface area (Å²) in [7, 11) is 0. The van der Waals surface area contributed by atoms with Crippen molar-refractivity contribution in [2.24, 2.45) is 0 Å². The second-order valence-electron chi connectivity index (χ2n) is 7.21. The van der Waals surface area contributed by atoms with E-state index in [0.717, 1.165) is 49.7 Å². The first-order valence-electron chi connectivity index (χ1n) is 10.2. The Morgan fingerprint density at radius 3 is 2.48 bits per heavy atom. The number of hydrogen-bond donors (Lipinski definition) is 1. The Morgan fingerprint density at radius 1 is 1.07 bits per heavy atom. The summed E-state index contributed by atoms with van der Waals surface area (Å²) in [6, 6.07) is 13.0. The van der Waals surface area contributed by atoms with Gasteiger partial charge in [-0.25, -0.2) is 0 Å². The van der Waals surface area contributed by atoms with E-state index in [1.807, 2.05) is 35.2 Å². The molecule has 3 rings (SSSR count). The molecule has 1 fully saturated rings. The second-order valence-corrected chi connectivity index (χ2v) is 8.06. The van der Waals surface area contributed by atoms with Crippen LogP contribution in [0.5, 0.6) is 5.75 Å². The van der Waals surface area contributed by atoms with Gasteiger partial charge < -0.3 is 15.0 Å². The number of para-hydroxylation sites is 1. The summed E-state index contributed by atoms with van der Waals surface area (Å²) >= 11 is 3.48. The van der Waals surface area contributed by atoms with Gasteiger partial charge in [0.15, 0.2) is 6.61 Å². The van der Waals surface area contributed by atoms with Crippen molar-refractivity contribution < 1.29 is 14.3 Å². The zero-order chi connectivity index (χ0) is 20.6. The van der Waals surface area contributed by atoms with Gasteiger partial charge in [-0.2, -0.15) is 0 Å². The summed E-state index contributed by atoms with van der Waals surface area (Å²) in [5, 5.41) is 2.83. The number of amides is 2. The van der Waals surface area contributed by atoms with Gasteiger partial charge in [0.1, 0.15) is 5.75 Å². The van der Waals surface area contributed by atoms with Crippen molar-refractivity contribution in [3.05, 3.63) is 58.1 Å². The lowest BCUT2D eigenvalue weighted by molar-refractivity contribution is -0.118. The van der Waals surface area contributed by atoms with E-state index in [0.29, 0.717) is 17.0 Å². The third kappa shape index (κ3) is 5.82. The fourth-order valence-corrected chi connectivity index (χ4v) is 3.97. The predicted molar refractivity (Wildman–Crippen MR) is 118 cm³/mol. The van der Waals surface area contributed by atoms with Gasteiger partial charge in [0.25, 0.3) is 11.8 Å². The SMILES string of the molecule is CCc1ccc(OCC(=O)Nc2ccccc2C(=O)N2CCCCCC2)c(Br)c1. The molecule has 2 aromatic rings. The minimum atomic E-state index is -0.299. The van der Waals surface area contributed by atoms with E-state index in [1.165, 1.54) is 5.56 Å². The molecule has 1 aliphatic heterocycles. The Bertz CT molecular complexity index is 861. The monoisotopic (exact) mass is 458 g/mol. The Kier molecular flexibility index (Phi) is 7.69. The van der Waals surface area contributed by atoms with E-state index in [4.69, 9.17) is 4.74 Å². The molecule has 1 saturated heterocycles. The van der Waals surface area contributed by atoms with E-state index < -0.39 is 0 Å². The molecule has 0 spiro atoms. The van der Waals surface area contributed by atoms with E-state index in [2.05, 4.69) is 28.2 Å². The minimum Gasteiger partial charge on any atom is -0.483 e. The van der Waals surface area contributed by atoms with E-state index in [-0.39, 0.29) is 18.4 Å². The molecule has 1 aliphatic rings. The Labute approximate surface area is 180 Å². The fraction of sp³-hybridized carbons (Fsp3) is 0.391. The normalized spacial score (nSPS) is 14.2. The van der Waals surface area contributed by atoms with Crippen LogP contribution in [0.25, 0.3) is 0 Å². The first-order chi connectivity index (χ1) is 14.1. The predicted octanol–water partition coefficient (Wildman–Crippen LogP) is 5.05. The number of ether oxygens (including phenoxy) is 1. The molecule has 0 unspecified atom stereocenters. The molecule has 0 aromatic heterocycles. The minimum absolute atomic E-state index is 0.0263. The summed E-state index contributed by atoms with van der Waals surface area (Å²) in [6.07, 6.45) is 5.31. The van der Waals surface area contributed by atoms with Gasteiger partial charge in [0.05, 0.1) is 15.7 Å². The van der Waals surface area contributed by atoms with Crippen molar-refractivity contribution >= 4 is 33.4 Å². The van der Waals surface area contributed by atoms with E-state index in [1.54, 1.807) is 12.1 Å². The van der Waals surface area contributed by atoms with Crippen LogP contribution in [0.15, 0.2) is 46.9 Å². The number of carbonyl (C=O) groups excluding carboxylic acids is 2. The smallest absolute Gasteiger partial charge is 0.262 e. The van der Waals surface area contributed by atoms with Crippen LogP contribution >= 0.6 is 15.9 Å². The molecule has 6 heteroatoms. The highest BCUT2D eigenvalue weighted by Gasteiger charge is 2.20. The number of aryl methyl sites for hydroxylation is 1. The Morgan fingerprint density at radius 2 is 1.79 bits per heavy atom. The highest BCUT2D eigenvalue weighted by Crippen LogP contribution is 2.26. The fourth-order valence-electron chi connectivity index (χ4n) is 3.43. The third-order valence-corrected chi connectivity index (χ3v) is 5.71. The summed E-state index contributed by atoms with van der Waals surface area (Å²) in [5.74, 6) is 0.292. The molecular weight excluding hydrogens is 432 g/mol. The van der Waals surface area contributed by atoms with Crippen molar-refractivity contribution in [2.45, 2.75) is 39.0 Å². The van der Waals surface area contributed by atoms with E-state index >= 15 is 0 Å². The first-order valence-corrected chi connectivity index (χ1v) is 11.0. The molecular formula is C23H27BrN2O3. The summed E-state index contributed by atoms with van der Waals surface area (Å²) < 4.78 is 6.47. The van der Waals surface area contributed by atoms with Crippen LogP contribution in [-0.4, -0.2) is 36.4 Å². The zero-order valence-electron chi connectivity index (χ0n) is 16.7. The molecule has 0 saturated carbocycles. The molecule has 1 N–H and O–H groups in total. The molecule has 1 heterocycles. The third-order valence-electron chi connectivity index (χ3n) is 5.09. The maximum absolute atomic E-state index is 13.0. The lowest BCUT2D eigenvalue weighted by atomic mass is 10.1. The summed E-state index contributed by atoms with van der Waals surface area (Å²) in [6.45, 7) is 3.49. The molecule has 5 nitrogen and oxygen atoms in total. The average Bonchev–Trinajstić information content (AvgIpc) is 3.02. The largest absolute Gasteiger partial charge is 0.483 e. The van der Waals surface area contributed by atoms with Crippen LogP contribution in [0.3, 0.4) is 0 Å². The van der Waals surface area contributed by atoms with Crippen LogP contribution < -0.4 is 10.1 Å². The zero-order valence-corrected chi connectivity index (χ0v) is 18.3. The molecule has 2 amide bonds. The molecule has 0 aliphatic carbocycles. The van der Waals surface area contributed by atoms with Crippen molar-refractivity contribution in [1.29, 1.82) is 0 Å². The quantitative estimate of drug-likeness (QED) is 0.658. The number of anilines is 1. The van der Waals surface area contributed by atoms with Crippen LogP contribution in [-0.2, 0) is 11.2 Å². The number of hydrogen-bond acceptors (Lipinski definition) is 3. The standard InChI is InChI=1S/C23H27BrN2O3/c1-2-17-11-12-21(19(24)15-17)29-16-22(27)25-20-10-6-5-9-18(20)23(28)26-13-7-3-4-8-14-26/h5-6,9-12,15H,2-4,7-8,13-14,16H2,1H3,(H,25,27). The van der Waals surface area contributed by atoms with Crippen molar-refractivity contribution in [3.63, 3.8) is 0 Å². The van der Waals surface area contributed by atoms with Crippen LogP contribution in [0.2, 0.25) is 0 Å². The lowest BCUT2D eigenvalue weighted by Crippen LogP contribution is -2.33. The van der Waals surface area contributed by atoms with Crippen LogP contribution in [0, 0.1) is 0 Å². The van der Waals surface area contributed by atoms with Crippen molar-refractivity contribution in [2.75, 3.05) is 25.0 Å². The van der Waals surface area contributed by atoms with Gasteiger partial charge in [-0.3, -0.25) is 9.59 Å². The molecule has 2 aromatic carbocycles. The van der Waals surface area contributed by atoms with Crippen LogP contribution in [0.1, 0.15) is 48.5 Å². The lowest BCUT2D eigenvalue weighted by Gasteiger charge is -2.22. The van der Waals surface area contributed by atoms with Gasteiger partial charge in [-0.1, -0.05) is 38.0 Å². The molecule has 29 heavy (non-hydrogen) atoms. The van der Waals surface area contributed by atoms with Crippen molar-refractivity contribution in [3.8, 4) is 5.75 Å². The summed E-state index contributed by atoms with van der Waals surface area (Å²) in [5.41, 5.74) is 2.24. The number of halogens is 1. The van der Waals surface area contributed by atoms with Gasteiger partial charge in [-0.05, 0) is 65.0 Å². The Balaban J connectivity index is 1.64. The number of nitrogens with one attached hydrogen (secondary N) is 1. The summed E-state index contributed by atoms with van der Waals surface area (Å²) in [4.78, 5) is 27.3. The number of nitrogens with zero attached hydrogens (tertiary/aromatic N) is 1. The first kappa shape index (κ1) is 21.4. The molecule has 0 atom stereocenters. The maximum atomic E-state index is 13.0. The molecule has 154 valence electrons. The average molecular weight is 459 g/mol. The second kappa shape index (κ2) is 10.4. The van der Waals surface area contributed by atoms with Crippen LogP contribution in [0.4, 0.5) is 5.69 Å². The Hall–Kier alpha value is -2.34. The number of rotatable bonds is 6. The number of likely N-dealkylation sites (tertiary alicyclic amines) is 1. The maximum Gasteiger partial charge on any atom is 0.262 e. The van der Waals surface area contributed by atoms with Gasteiger partial charge >= 0.3 is 0 Å². The van der Waals surface area contributed by atoms with Gasteiger partial charge in [-0.15, -0.1) is 0 Å². The van der Waals surface area contributed by atoms with Gasteiger partial charge in [0.2, 0.25) is 0 Å². The van der Waals surface area contributed by atoms with Gasteiger partial charge in [0, 0.05) is 13.1 Å². The molecule has 0 radical (unpaired) electrons. The van der Waals surface area contributed by atoms with E-state index in [9.17, 15) is 9.59 Å². The topological polar surface area (TPSA) is 58.6 Å². The number of benzene rings is 2.